The van der Waals surface area contributed by atoms with Gasteiger partial charge in [-0.3, -0.25) is 19.0 Å². The SMILES string of the molecule is CCOC(=O)[C@@H]1CCCN(C(=O)CCCn2cnc3c(C)cccc3c2=O)C1. The highest BCUT2D eigenvalue weighted by molar-refractivity contribution is 5.80. The van der Waals surface area contributed by atoms with E-state index in [4.69, 9.17) is 4.74 Å². The fourth-order valence-corrected chi connectivity index (χ4v) is 3.71. The molecular formula is C21H27N3O4. The van der Waals surface area contributed by atoms with Crippen LogP contribution in [0.5, 0.6) is 0 Å². The number of para-hydroxylation sites is 1. The number of amides is 1. The lowest BCUT2D eigenvalue weighted by atomic mass is 9.98. The lowest BCUT2D eigenvalue weighted by Gasteiger charge is -2.31. The second-order valence-electron chi connectivity index (χ2n) is 7.25. The van der Waals surface area contributed by atoms with Crippen molar-refractivity contribution in [2.75, 3.05) is 19.7 Å². The van der Waals surface area contributed by atoms with E-state index in [1.807, 2.05) is 19.1 Å². The summed E-state index contributed by atoms with van der Waals surface area (Å²) in [6.45, 7) is 5.61. The number of carbonyl (C=O) groups is 2. The number of fused-ring (bicyclic) bond motifs is 1. The summed E-state index contributed by atoms with van der Waals surface area (Å²) >= 11 is 0. The molecule has 3 rings (SSSR count). The molecule has 1 saturated heterocycles. The van der Waals surface area contributed by atoms with E-state index in [-0.39, 0.29) is 23.4 Å². The lowest BCUT2D eigenvalue weighted by Crippen LogP contribution is -2.42. The molecule has 1 amide bonds. The molecule has 0 bridgehead atoms. The van der Waals surface area contributed by atoms with Crippen LogP contribution < -0.4 is 5.56 Å². The molecule has 28 heavy (non-hydrogen) atoms. The van der Waals surface area contributed by atoms with Gasteiger partial charge < -0.3 is 9.64 Å². The number of rotatable bonds is 6. The fourth-order valence-electron chi connectivity index (χ4n) is 3.71. The highest BCUT2D eigenvalue weighted by Crippen LogP contribution is 2.19. The Morgan fingerprint density at radius 3 is 2.93 bits per heavy atom. The number of hydrogen-bond acceptors (Lipinski definition) is 5. The van der Waals surface area contributed by atoms with Crippen LogP contribution in [0.25, 0.3) is 10.9 Å². The zero-order valence-corrected chi connectivity index (χ0v) is 16.5. The minimum Gasteiger partial charge on any atom is -0.466 e. The Balaban J connectivity index is 1.57. The average Bonchev–Trinajstić information content (AvgIpc) is 2.70. The molecule has 7 heteroatoms. The molecule has 150 valence electrons. The summed E-state index contributed by atoms with van der Waals surface area (Å²) in [4.78, 5) is 43.2. The lowest BCUT2D eigenvalue weighted by molar-refractivity contribution is -0.151. The van der Waals surface area contributed by atoms with Crippen molar-refractivity contribution < 1.29 is 14.3 Å². The Bertz CT molecular complexity index is 921. The van der Waals surface area contributed by atoms with Crippen molar-refractivity contribution in [2.45, 2.75) is 46.1 Å². The number of nitrogens with zero attached hydrogens (tertiary/aromatic N) is 3. The van der Waals surface area contributed by atoms with Crippen LogP contribution in [-0.2, 0) is 20.9 Å². The molecule has 0 saturated carbocycles. The maximum Gasteiger partial charge on any atom is 0.310 e. The van der Waals surface area contributed by atoms with Crippen LogP contribution >= 0.6 is 0 Å². The van der Waals surface area contributed by atoms with E-state index in [0.29, 0.717) is 44.5 Å². The predicted molar refractivity (Wildman–Crippen MR) is 106 cm³/mol. The number of carbonyl (C=O) groups excluding carboxylic acids is 2. The summed E-state index contributed by atoms with van der Waals surface area (Å²) in [5.41, 5.74) is 1.61. The molecule has 0 unspecified atom stereocenters. The topological polar surface area (TPSA) is 81.5 Å². The van der Waals surface area contributed by atoms with Crippen molar-refractivity contribution in [2.24, 2.45) is 5.92 Å². The summed E-state index contributed by atoms with van der Waals surface area (Å²) < 4.78 is 6.65. The van der Waals surface area contributed by atoms with Gasteiger partial charge in [0, 0.05) is 26.1 Å². The van der Waals surface area contributed by atoms with Crippen LogP contribution in [0.15, 0.2) is 29.3 Å². The van der Waals surface area contributed by atoms with Crippen LogP contribution in [0.2, 0.25) is 0 Å². The summed E-state index contributed by atoms with van der Waals surface area (Å²) in [6, 6.07) is 5.56. The molecule has 2 heterocycles. The molecule has 1 fully saturated rings. The van der Waals surface area contributed by atoms with Crippen LogP contribution in [-0.4, -0.2) is 46.0 Å². The fraction of sp³-hybridized carbons (Fsp3) is 0.524. The number of hydrogen-bond donors (Lipinski definition) is 0. The van der Waals surface area contributed by atoms with E-state index in [1.54, 1.807) is 28.8 Å². The van der Waals surface area contributed by atoms with Crippen molar-refractivity contribution >= 4 is 22.8 Å². The van der Waals surface area contributed by atoms with Crippen molar-refractivity contribution in [1.82, 2.24) is 14.5 Å². The van der Waals surface area contributed by atoms with E-state index in [9.17, 15) is 14.4 Å². The van der Waals surface area contributed by atoms with Gasteiger partial charge in [-0.05, 0) is 44.7 Å². The molecule has 0 spiro atoms. The molecule has 0 aliphatic carbocycles. The van der Waals surface area contributed by atoms with Gasteiger partial charge in [0.25, 0.3) is 5.56 Å². The van der Waals surface area contributed by atoms with Gasteiger partial charge in [0.15, 0.2) is 0 Å². The number of piperidine rings is 1. The van der Waals surface area contributed by atoms with Gasteiger partial charge in [-0.25, -0.2) is 4.98 Å². The number of esters is 1. The normalized spacial score (nSPS) is 16.9. The van der Waals surface area contributed by atoms with Crippen molar-refractivity contribution in [1.29, 1.82) is 0 Å². The molecule has 1 aliphatic rings. The summed E-state index contributed by atoms with van der Waals surface area (Å²) in [5, 5.41) is 0.599. The molecule has 7 nitrogen and oxygen atoms in total. The molecule has 1 atom stereocenters. The summed E-state index contributed by atoms with van der Waals surface area (Å²) in [5.74, 6) is -0.427. The standard InChI is InChI=1S/C21H27N3O4/c1-3-28-21(27)16-8-5-11-23(13-16)18(25)10-6-12-24-14-22-19-15(2)7-4-9-17(19)20(24)26/h4,7,9,14,16H,3,5-6,8,10-13H2,1-2H3/t16-/m1/s1. The maximum atomic E-state index is 12.6. The second kappa shape index (κ2) is 8.99. The van der Waals surface area contributed by atoms with Crippen LogP contribution in [0, 0.1) is 12.8 Å². The van der Waals surface area contributed by atoms with Crippen LogP contribution in [0.3, 0.4) is 0 Å². The maximum absolute atomic E-state index is 12.6. The zero-order chi connectivity index (χ0) is 20.1. The van der Waals surface area contributed by atoms with E-state index in [0.717, 1.165) is 23.9 Å². The number of aryl methyl sites for hydroxylation is 2. The quantitative estimate of drug-likeness (QED) is 0.713. The Morgan fingerprint density at radius 2 is 2.14 bits per heavy atom. The Kier molecular flexibility index (Phi) is 6.44. The van der Waals surface area contributed by atoms with Gasteiger partial charge >= 0.3 is 5.97 Å². The Morgan fingerprint density at radius 1 is 1.32 bits per heavy atom. The minimum atomic E-state index is -0.229. The van der Waals surface area contributed by atoms with Crippen molar-refractivity contribution in [3.8, 4) is 0 Å². The zero-order valence-electron chi connectivity index (χ0n) is 16.5. The van der Waals surface area contributed by atoms with Gasteiger partial charge in [-0.2, -0.15) is 0 Å². The van der Waals surface area contributed by atoms with Gasteiger partial charge in [0.05, 0.1) is 29.8 Å². The first kappa shape index (κ1) is 20.0. The Labute approximate surface area is 164 Å². The van der Waals surface area contributed by atoms with Gasteiger partial charge in [-0.1, -0.05) is 12.1 Å². The van der Waals surface area contributed by atoms with Gasteiger partial charge in [0.1, 0.15) is 0 Å². The van der Waals surface area contributed by atoms with Crippen LogP contribution in [0.4, 0.5) is 0 Å². The summed E-state index contributed by atoms with van der Waals surface area (Å²) in [6.07, 6.45) is 4.02. The highest BCUT2D eigenvalue weighted by atomic mass is 16.5. The molecular weight excluding hydrogens is 358 g/mol. The third-order valence-corrected chi connectivity index (χ3v) is 5.24. The molecule has 1 aliphatic heterocycles. The average molecular weight is 385 g/mol. The molecule has 1 aromatic heterocycles. The number of aromatic nitrogens is 2. The molecule has 1 aromatic carbocycles. The monoisotopic (exact) mass is 385 g/mol. The first-order valence-electron chi connectivity index (χ1n) is 9.90. The first-order valence-corrected chi connectivity index (χ1v) is 9.90. The predicted octanol–water partition coefficient (Wildman–Crippen LogP) is 2.29. The van der Waals surface area contributed by atoms with Crippen molar-refractivity contribution in [3.05, 3.63) is 40.4 Å². The van der Waals surface area contributed by atoms with E-state index >= 15 is 0 Å². The van der Waals surface area contributed by atoms with E-state index < -0.39 is 0 Å². The van der Waals surface area contributed by atoms with E-state index in [1.165, 1.54) is 0 Å². The first-order chi connectivity index (χ1) is 13.5. The van der Waals surface area contributed by atoms with Crippen LogP contribution in [0.1, 0.15) is 38.2 Å². The third kappa shape index (κ3) is 4.40. The number of ether oxygens (including phenoxy) is 1. The molecule has 0 N–H and O–H groups in total. The smallest absolute Gasteiger partial charge is 0.310 e. The highest BCUT2D eigenvalue weighted by Gasteiger charge is 2.28. The summed E-state index contributed by atoms with van der Waals surface area (Å²) in [7, 11) is 0. The van der Waals surface area contributed by atoms with Gasteiger partial charge in [0.2, 0.25) is 5.91 Å². The third-order valence-electron chi connectivity index (χ3n) is 5.24. The van der Waals surface area contributed by atoms with E-state index in [2.05, 4.69) is 4.98 Å². The van der Waals surface area contributed by atoms with Gasteiger partial charge in [-0.15, -0.1) is 0 Å². The minimum absolute atomic E-state index is 0.0200. The number of benzene rings is 1. The van der Waals surface area contributed by atoms with Crippen molar-refractivity contribution in [3.63, 3.8) is 0 Å². The Hall–Kier alpha value is -2.70. The molecule has 0 radical (unpaired) electrons. The second-order valence-corrected chi connectivity index (χ2v) is 7.25. The largest absolute Gasteiger partial charge is 0.466 e. The number of likely N-dealkylation sites (tertiary alicyclic amines) is 1. The molecule has 2 aromatic rings.